The number of carbonyl (C=O) groups excluding carboxylic acids is 1. The van der Waals surface area contributed by atoms with Crippen LogP contribution in [0.5, 0.6) is 0 Å². The molecule has 0 aromatic heterocycles. The maximum Gasteiger partial charge on any atom is 0.293 e. The molecule has 1 rings (SSSR count). The van der Waals surface area contributed by atoms with Crippen molar-refractivity contribution in [1.82, 2.24) is 4.90 Å². The lowest BCUT2D eigenvalue weighted by Crippen LogP contribution is -2.32. The standard InChI is InChI=1S/C16H23N3O4/c1-5-18(11-12(2)3)16(20)13-6-7-14(17-8-9-23-4)15(10-13)19(21)22/h6-7,10,17H,2,5,8-9,11H2,1,3-4H3. The van der Waals surface area contributed by atoms with Crippen LogP contribution in [-0.4, -0.2) is 49.1 Å². The van der Waals surface area contributed by atoms with Crippen molar-refractivity contribution in [3.8, 4) is 0 Å². The van der Waals surface area contributed by atoms with Gasteiger partial charge in [0.15, 0.2) is 0 Å². The van der Waals surface area contributed by atoms with Crippen molar-refractivity contribution in [2.75, 3.05) is 38.7 Å². The monoisotopic (exact) mass is 321 g/mol. The van der Waals surface area contributed by atoms with Gasteiger partial charge in [-0.15, -0.1) is 0 Å². The van der Waals surface area contributed by atoms with Crippen LogP contribution in [0, 0.1) is 10.1 Å². The number of benzene rings is 1. The lowest BCUT2D eigenvalue weighted by Gasteiger charge is -2.21. The zero-order chi connectivity index (χ0) is 17.4. The first-order valence-electron chi connectivity index (χ1n) is 7.35. The molecule has 0 heterocycles. The zero-order valence-corrected chi connectivity index (χ0v) is 13.8. The second-order valence-electron chi connectivity index (χ2n) is 5.19. The third-order valence-electron chi connectivity index (χ3n) is 3.19. The number of anilines is 1. The highest BCUT2D eigenvalue weighted by Crippen LogP contribution is 2.26. The molecule has 0 spiro atoms. The van der Waals surface area contributed by atoms with Gasteiger partial charge in [-0.05, 0) is 26.0 Å². The number of amides is 1. The number of likely N-dealkylation sites (N-methyl/N-ethyl adjacent to an activating group) is 1. The van der Waals surface area contributed by atoms with Crippen LogP contribution < -0.4 is 5.32 Å². The molecule has 0 aliphatic rings. The van der Waals surface area contributed by atoms with E-state index in [1.165, 1.54) is 6.07 Å². The minimum Gasteiger partial charge on any atom is -0.383 e. The molecular formula is C16H23N3O4. The van der Waals surface area contributed by atoms with Crippen LogP contribution in [0.1, 0.15) is 24.2 Å². The van der Waals surface area contributed by atoms with Crippen LogP contribution in [0.15, 0.2) is 30.4 Å². The van der Waals surface area contributed by atoms with Gasteiger partial charge in [-0.3, -0.25) is 14.9 Å². The van der Waals surface area contributed by atoms with E-state index < -0.39 is 4.92 Å². The number of nitro benzene ring substituents is 1. The van der Waals surface area contributed by atoms with E-state index in [2.05, 4.69) is 11.9 Å². The smallest absolute Gasteiger partial charge is 0.293 e. The normalized spacial score (nSPS) is 10.2. The fraction of sp³-hybridized carbons (Fsp3) is 0.438. The molecule has 0 atom stereocenters. The highest BCUT2D eigenvalue weighted by molar-refractivity contribution is 5.95. The Bertz CT molecular complexity index is 587. The second kappa shape index (κ2) is 8.89. The quantitative estimate of drug-likeness (QED) is 0.327. The Kier molecular flexibility index (Phi) is 7.21. The van der Waals surface area contributed by atoms with Crippen molar-refractivity contribution in [2.45, 2.75) is 13.8 Å². The van der Waals surface area contributed by atoms with E-state index in [0.29, 0.717) is 31.9 Å². The minimum absolute atomic E-state index is 0.127. The molecule has 1 aromatic carbocycles. The number of nitrogens with zero attached hydrogens (tertiary/aromatic N) is 2. The van der Waals surface area contributed by atoms with E-state index in [0.717, 1.165) is 5.57 Å². The Morgan fingerprint density at radius 1 is 1.48 bits per heavy atom. The van der Waals surface area contributed by atoms with Crippen LogP contribution in [0.4, 0.5) is 11.4 Å². The third-order valence-corrected chi connectivity index (χ3v) is 3.19. The maximum absolute atomic E-state index is 12.5. The number of nitro groups is 1. The fourth-order valence-corrected chi connectivity index (χ4v) is 2.09. The average molecular weight is 321 g/mol. The summed E-state index contributed by atoms with van der Waals surface area (Å²) >= 11 is 0. The second-order valence-corrected chi connectivity index (χ2v) is 5.19. The van der Waals surface area contributed by atoms with Gasteiger partial charge in [-0.1, -0.05) is 12.2 Å². The largest absolute Gasteiger partial charge is 0.383 e. The van der Waals surface area contributed by atoms with E-state index in [9.17, 15) is 14.9 Å². The topological polar surface area (TPSA) is 84.7 Å². The Hall–Kier alpha value is -2.41. The van der Waals surface area contributed by atoms with Crippen molar-refractivity contribution < 1.29 is 14.5 Å². The summed E-state index contributed by atoms with van der Waals surface area (Å²) in [7, 11) is 1.55. The summed E-state index contributed by atoms with van der Waals surface area (Å²) in [5, 5.41) is 14.2. The molecular weight excluding hydrogens is 298 g/mol. The Morgan fingerprint density at radius 2 is 2.17 bits per heavy atom. The van der Waals surface area contributed by atoms with E-state index in [-0.39, 0.29) is 17.2 Å². The predicted octanol–water partition coefficient (Wildman–Crippen LogP) is 2.69. The number of methoxy groups -OCH3 is 1. The highest BCUT2D eigenvalue weighted by atomic mass is 16.6. The first-order chi connectivity index (χ1) is 10.9. The van der Waals surface area contributed by atoms with E-state index >= 15 is 0 Å². The first-order valence-corrected chi connectivity index (χ1v) is 7.35. The molecule has 0 saturated heterocycles. The number of rotatable bonds is 9. The molecule has 0 radical (unpaired) electrons. The number of hydrogen-bond donors (Lipinski definition) is 1. The van der Waals surface area contributed by atoms with Crippen molar-refractivity contribution >= 4 is 17.3 Å². The van der Waals surface area contributed by atoms with Gasteiger partial charge < -0.3 is 15.0 Å². The van der Waals surface area contributed by atoms with E-state index in [1.54, 1.807) is 24.1 Å². The molecule has 1 aromatic rings. The van der Waals surface area contributed by atoms with Crippen LogP contribution in [0.25, 0.3) is 0 Å². The van der Waals surface area contributed by atoms with Gasteiger partial charge in [0, 0.05) is 38.4 Å². The van der Waals surface area contributed by atoms with Gasteiger partial charge in [0.1, 0.15) is 5.69 Å². The van der Waals surface area contributed by atoms with Gasteiger partial charge >= 0.3 is 0 Å². The molecule has 0 aliphatic heterocycles. The van der Waals surface area contributed by atoms with Crippen molar-refractivity contribution in [3.63, 3.8) is 0 Å². The maximum atomic E-state index is 12.5. The predicted molar refractivity (Wildman–Crippen MR) is 89.9 cm³/mol. The lowest BCUT2D eigenvalue weighted by molar-refractivity contribution is -0.384. The van der Waals surface area contributed by atoms with Gasteiger partial charge in [0.2, 0.25) is 0 Å². The molecule has 0 unspecified atom stereocenters. The minimum atomic E-state index is -0.499. The summed E-state index contributed by atoms with van der Waals surface area (Å²) in [4.78, 5) is 24.8. The molecule has 0 saturated carbocycles. The molecule has 7 nitrogen and oxygen atoms in total. The molecule has 0 fully saturated rings. The Labute approximate surface area is 136 Å². The lowest BCUT2D eigenvalue weighted by atomic mass is 10.1. The van der Waals surface area contributed by atoms with Crippen molar-refractivity contribution in [2.24, 2.45) is 0 Å². The summed E-state index contributed by atoms with van der Waals surface area (Å²) in [5.41, 5.74) is 1.38. The Balaban J connectivity index is 3.04. The summed E-state index contributed by atoms with van der Waals surface area (Å²) in [6, 6.07) is 4.44. The molecule has 0 aliphatic carbocycles. The number of hydrogen-bond acceptors (Lipinski definition) is 5. The van der Waals surface area contributed by atoms with Crippen LogP contribution in [0.2, 0.25) is 0 Å². The van der Waals surface area contributed by atoms with Gasteiger partial charge in [0.25, 0.3) is 11.6 Å². The number of ether oxygens (including phenoxy) is 1. The van der Waals surface area contributed by atoms with Gasteiger partial charge in [-0.2, -0.15) is 0 Å². The fourth-order valence-electron chi connectivity index (χ4n) is 2.09. The van der Waals surface area contributed by atoms with Gasteiger partial charge in [-0.25, -0.2) is 0 Å². The van der Waals surface area contributed by atoms with Crippen molar-refractivity contribution in [1.29, 1.82) is 0 Å². The number of nitrogens with one attached hydrogen (secondary N) is 1. The molecule has 1 N–H and O–H groups in total. The SMILES string of the molecule is C=C(C)CN(CC)C(=O)c1ccc(NCCOC)c([N+](=O)[O-])c1. The summed E-state index contributed by atoms with van der Waals surface area (Å²) in [6.07, 6.45) is 0. The molecule has 7 heteroatoms. The van der Waals surface area contributed by atoms with Crippen LogP contribution in [0.3, 0.4) is 0 Å². The molecule has 126 valence electrons. The Morgan fingerprint density at radius 3 is 2.70 bits per heavy atom. The van der Waals surface area contributed by atoms with Gasteiger partial charge in [0.05, 0.1) is 11.5 Å². The average Bonchev–Trinajstić information content (AvgIpc) is 2.52. The van der Waals surface area contributed by atoms with Crippen molar-refractivity contribution in [3.05, 3.63) is 46.0 Å². The zero-order valence-electron chi connectivity index (χ0n) is 13.8. The highest BCUT2D eigenvalue weighted by Gasteiger charge is 2.20. The first kappa shape index (κ1) is 18.6. The third kappa shape index (κ3) is 5.37. The summed E-state index contributed by atoms with van der Waals surface area (Å²) in [6.45, 7) is 9.30. The van der Waals surface area contributed by atoms with E-state index in [1.807, 2.05) is 13.8 Å². The van der Waals surface area contributed by atoms with Crippen LogP contribution >= 0.6 is 0 Å². The number of carbonyl (C=O) groups is 1. The molecule has 0 bridgehead atoms. The van der Waals surface area contributed by atoms with Crippen LogP contribution in [-0.2, 0) is 4.74 Å². The molecule has 1 amide bonds. The molecule has 23 heavy (non-hydrogen) atoms. The summed E-state index contributed by atoms with van der Waals surface area (Å²) in [5.74, 6) is -0.248. The summed E-state index contributed by atoms with van der Waals surface area (Å²) < 4.78 is 4.91. The van der Waals surface area contributed by atoms with E-state index in [4.69, 9.17) is 4.74 Å².